The standard InChI is InChI=1S/C34H24N2O8/c37-31(38)23-9-1-5-13-27(23)35(28-14-6-2-10-24(28)32(39)40)21-17-19-22(20-18-21)36(29-15-7-3-11-25(29)33(41)42)30-16-8-4-12-26(30)34(43)44/h1-20H,(H,37,38)(H,39,40)(H,41,42)(H,43,44). The van der Waals surface area contributed by atoms with Crippen LogP contribution in [-0.2, 0) is 0 Å². The Balaban J connectivity index is 1.74. The second kappa shape index (κ2) is 12.2. The van der Waals surface area contributed by atoms with E-state index in [9.17, 15) is 39.6 Å². The van der Waals surface area contributed by atoms with Gasteiger partial charge < -0.3 is 30.2 Å². The molecule has 0 fully saturated rings. The third-order valence-electron chi connectivity index (χ3n) is 6.87. The van der Waals surface area contributed by atoms with Crippen molar-refractivity contribution in [3.63, 3.8) is 0 Å². The molecule has 10 heteroatoms. The molecule has 0 amide bonds. The third-order valence-corrected chi connectivity index (χ3v) is 6.87. The molecule has 0 aliphatic heterocycles. The van der Waals surface area contributed by atoms with Gasteiger partial charge in [-0.05, 0) is 72.8 Å². The molecule has 0 heterocycles. The summed E-state index contributed by atoms with van der Waals surface area (Å²) in [6, 6.07) is 31.2. The minimum absolute atomic E-state index is 0.0656. The van der Waals surface area contributed by atoms with Crippen molar-refractivity contribution in [3.05, 3.63) is 144 Å². The number of hydrogen-bond donors (Lipinski definition) is 4. The number of para-hydroxylation sites is 4. The lowest BCUT2D eigenvalue weighted by molar-refractivity contribution is 0.0685. The molecule has 0 saturated heterocycles. The Bertz CT molecular complexity index is 1650. The fourth-order valence-electron chi connectivity index (χ4n) is 4.96. The predicted molar refractivity (Wildman–Crippen MR) is 164 cm³/mol. The molecule has 5 rings (SSSR count). The average molecular weight is 589 g/mol. The topological polar surface area (TPSA) is 156 Å². The van der Waals surface area contributed by atoms with Gasteiger partial charge in [-0.3, -0.25) is 0 Å². The van der Waals surface area contributed by atoms with E-state index in [0.717, 1.165) is 0 Å². The zero-order chi connectivity index (χ0) is 31.4. The smallest absolute Gasteiger partial charge is 0.337 e. The molecule has 0 aromatic heterocycles. The van der Waals surface area contributed by atoms with Crippen molar-refractivity contribution < 1.29 is 39.6 Å². The van der Waals surface area contributed by atoms with Gasteiger partial charge in [0, 0.05) is 11.4 Å². The van der Waals surface area contributed by atoms with Gasteiger partial charge in [-0.25, -0.2) is 19.2 Å². The van der Waals surface area contributed by atoms with Crippen molar-refractivity contribution in [1.29, 1.82) is 0 Å². The van der Waals surface area contributed by atoms with Crippen LogP contribution in [0.15, 0.2) is 121 Å². The predicted octanol–water partition coefficient (Wildman–Crippen LogP) is 7.42. The maximum Gasteiger partial charge on any atom is 0.337 e. The summed E-state index contributed by atoms with van der Waals surface area (Å²) in [7, 11) is 0. The number of hydrogen-bond acceptors (Lipinski definition) is 6. The van der Waals surface area contributed by atoms with Crippen LogP contribution >= 0.6 is 0 Å². The number of rotatable bonds is 10. The normalized spacial score (nSPS) is 10.5. The molecule has 5 aromatic rings. The maximum absolute atomic E-state index is 12.2. The van der Waals surface area contributed by atoms with Crippen molar-refractivity contribution in [2.24, 2.45) is 0 Å². The number of aromatic carboxylic acids is 4. The largest absolute Gasteiger partial charge is 0.478 e. The first kappa shape index (κ1) is 29.1. The fraction of sp³-hybridized carbons (Fsp3) is 0. The summed E-state index contributed by atoms with van der Waals surface area (Å²) in [5.74, 6) is -4.85. The van der Waals surface area contributed by atoms with E-state index in [1.807, 2.05) is 0 Å². The molecule has 0 unspecified atom stereocenters. The van der Waals surface area contributed by atoms with Crippen LogP contribution in [0.5, 0.6) is 0 Å². The van der Waals surface area contributed by atoms with E-state index in [1.54, 1.807) is 97.1 Å². The van der Waals surface area contributed by atoms with E-state index in [-0.39, 0.29) is 45.0 Å². The maximum atomic E-state index is 12.2. The number of anilines is 6. The van der Waals surface area contributed by atoms with E-state index < -0.39 is 23.9 Å². The molecular formula is C34H24N2O8. The Morgan fingerprint density at radius 2 is 0.545 bits per heavy atom. The van der Waals surface area contributed by atoms with Gasteiger partial charge in [0.05, 0.1) is 45.0 Å². The molecule has 0 spiro atoms. The summed E-state index contributed by atoms with van der Waals surface area (Å²) in [6.45, 7) is 0. The zero-order valence-electron chi connectivity index (χ0n) is 22.9. The number of carbonyl (C=O) groups is 4. The fourth-order valence-corrected chi connectivity index (χ4v) is 4.96. The summed E-state index contributed by atoms with van der Waals surface area (Å²) in [5.41, 5.74) is 1.39. The van der Waals surface area contributed by atoms with Crippen molar-refractivity contribution in [2.75, 3.05) is 9.80 Å². The molecule has 218 valence electrons. The second-order valence-corrected chi connectivity index (χ2v) is 9.48. The van der Waals surface area contributed by atoms with Crippen molar-refractivity contribution in [2.45, 2.75) is 0 Å². The Kier molecular flexibility index (Phi) is 8.07. The second-order valence-electron chi connectivity index (χ2n) is 9.48. The van der Waals surface area contributed by atoms with Gasteiger partial charge in [0.1, 0.15) is 0 Å². The lowest BCUT2D eigenvalue weighted by atomic mass is 10.0. The molecule has 0 saturated carbocycles. The monoisotopic (exact) mass is 588 g/mol. The van der Waals surface area contributed by atoms with E-state index >= 15 is 0 Å². The molecule has 5 aromatic carbocycles. The quantitative estimate of drug-likeness (QED) is 0.129. The lowest BCUT2D eigenvalue weighted by Crippen LogP contribution is -2.18. The van der Waals surface area contributed by atoms with Crippen LogP contribution < -0.4 is 9.80 Å². The summed E-state index contributed by atoms with van der Waals surface area (Å²) in [6.07, 6.45) is 0. The Hall–Kier alpha value is -6.42. The minimum atomic E-state index is -1.21. The summed E-state index contributed by atoms with van der Waals surface area (Å²) in [5, 5.41) is 39.8. The van der Waals surface area contributed by atoms with E-state index in [4.69, 9.17) is 0 Å². The molecular weight excluding hydrogens is 564 g/mol. The highest BCUT2D eigenvalue weighted by Crippen LogP contribution is 2.42. The average Bonchev–Trinajstić information content (AvgIpc) is 3.03. The zero-order valence-corrected chi connectivity index (χ0v) is 22.9. The number of carboxylic acid groups (broad SMARTS) is 4. The summed E-state index contributed by atoms with van der Waals surface area (Å²) >= 11 is 0. The van der Waals surface area contributed by atoms with Crippen molar-refractivity contribution >= 4 is 58.0 Å². The van der Waals surface area contributed by atoms with Crippen LogP contribution in [0.3, 0.4) is 0 Å². The Morgan fingerprint density at radius 3 is 0.750 bits per heavy atom. The highest BCUT2D eigenvalue weighted by Gasteiger charge is 2.26. The van der Waals surface area contributed by atoms with Crippen molar-refractivity contribution in [1.82, 2.24) is 0 Å². The van der Waals surface area contributed by atoms with E-state index in [0.29, 0.717) is 11.4 Å². The first-order valence-electron chi connectivity index (χ1n) is 13.2. The van der Waals surface area contributed by atoms with Crippen LogP contribution in [-0.4, -0.2) is 44.3 Å². The number of benzene rings is 5. The molecule has 0 atom stereocenters. The first-order chi connectivity index (χ1) is 21.2. The van der Waals surface area contributed by atoms with Crippen LogP contribution in [0.4, 0.5) is 34.1 Å². The molecule has 0 bridgehead atoms. The van der Waals surface area contributed by atoms with E-state index in [2.05, 4.69) is 0 Å². The Morgan fingerprint density at radius 1 is 0.341 bits per heavy atom. The van der Waals surface area contributed by atoms with Gasteiger partial charge in [0.15, 0.2) is 0 Å². The summed E-state index contributed by atoms with van der Waals surface area (Å²) in [4.78, 5) is 51.8. The Labute approximate surface area is 250 Å². The highest BCUT2D eigenvalue weighted by molar-refractivity contribution is 6.03. The molecule has 10 nitrogen and oxygen atoms in total. The molecule has 0 radical (unpaired) electrons. The van der Waals surface area contributed by atoms with Gasteiger partial charge in [-0.15, -0.1) is 0 Å². The minimum Gasteiger partial charge on any atom is -0.478 e. The first-order valence-corrected chi connectivity index (χ1v) is 13.2. The highest BCUT2D eigenvalue weighted by atomic mass is 16.4. The molecule has 0 aliphatic rings. The summed E-state index contributed by atoms with van der Waals surface area (Å²) < 4.78 is 0. The van der Waals surface area contributed by atoms with Crippen molar-refractivity contribution in [3.8, 4) is 0 Å². The lowest BCUT2D eigenvalue weighted by Gasteiger charge is -2.30. The SMILES string of the molecule is O=C(O)c1ccccc1N(c1ccc(N(c2ccccc2C(=O)O)c2ccccc2C(=O)O)cc1)c1ccccc1C(=O)O. The van der Waals surface area contributed by atoms with E-state index in [1.165, 1.54) is 34.1 Å². The van der Waals surface area contributed by atoms with Crippen LogP contribution in [0.25, 0.3) is 0 Å². The van der Waals surface area contributed by atoms with Gasteiger partial charge in [-0.1, -0.05) is 48.5 Å². The third kappa shape index (κ3) is 5.55. The molecule has 44 heavy (non-hydrogen) atoms. The molecule has 4 N–H and O–H groups in total. The van der Waals surface area contributed by atoms with Gasteiger partial charge in [0.25, 0.3) is 0 Å². The molecule has 0 aliphatic carbocycles. The van der Waals surface area contributed by atoms with Crippen LogP contribution in [0.2, 0.25) is 0 Å². The van der Waals surface area contributed by atoms with Crippen LogP contribution in [0, 0.1) is 0 Å². The number of nitrogens with zero attached hydrogens (tertiary/aromatic N) is 2. The van der Waals surface area contributed by atoms with Gasteiger partial charge in [0.2, 0.25) is 0 Å². The van der Waals surface area contributed by atoms with Gasteiger partial charge in [-0.2, -0.15) is 0 Å². The number of carboxylic acids is 4. The van der Waals surface area contributed by atoms with Gasteiger partial charge >= 0.3 is 23.9 Å². The van der Waals surface area contributed by atoms with Crippen LogP contribution in [0.1, 0.15) is 41.4 Å².